The Kier molecular flexibility index (Phi) is 6.43. The van der Waals surface area contributed by atoms with Gasteiger partial charge in [0.15, 0.2) is 5.78 Å². The Morgan fingerprint density at radius 1 is 0.828 bits per heavy atom. The van der Waals surface area contributed by atoms with Gasteiger partial charge in [-0.2, -0.15) is 0 Å². The Labute approximate surface area is 169 Å². The first-order valence-corrected chi connectivity index (χ1v) is 9.21. The van der Waals surface area contributed by atoms with Crippen molar-refractivity contribution in [3.8, 4) is 0 Å². The van der Waals surface area contributed by atoms with Crippen molar-refractivity contribution in [2.45, 2.75) is 6.42 Å². The highest BCUT2D eigenvalue weighted by Gasteiger charge is 2.09. The molecule has 0 aromatic heterocycles. The topological polar surface area (TPSA) is 95.4 Å². The van der Waals surface area contributed by atoms with E-state index in [1.165, 1.54) is 12.1 Å². The number of nitrogen functional groups attached to an aromatic ring is 2. The van der Waals surface area contributed by atoms with Gasteiger partial charge in [0, 0.05) is 23.4 Å². The molecule has 0 radical (unpaired) electrons. The summed E-state index contributed by atoms with van der Waals surface area (Å²) in [6.45, 7) is 0.245. The number of esters is 1. The van der Waals surface area contributed by atoms with Crippen LogP contribution in [-0.4, -0.2) is 18.4 Å². The zero-order chi connectivity index (χ0) is 20.6. The minimum Gasteiger partial charge on any atom is -0.462 e. The Hall–Kier alpha value is -3.86. The summed E-state index contributed by atoms with van der Waals surface area (Å²) >= 11 is 0. The van der Waals surface area contributed by atoms with E-state index in [-0.39, 0.29) is 12.4 Å². The van der Waals surface area contributed by atoms with E-state index < -0.39 is 5.97 Å². The van der Waals surface area contributed by atoms with Crippen molar-refractivity contribution < 1.29 is 14.3 Å². The molecule has 4 N–H and O–H groups in total. The molecule has 0 atom stereocenters. The van der Waals surface area contributed by atoms with Crippen LogP contribution in [0.4, 0.5) is 11.4 Å². The van der Waals surface area contributed by atoms with Crippen LogP contribution in [-0.2, 0) is 11.2 Å². The minimum atomic E-state index is -0.456. The van der Waals surface area contributed by atoms with Gasteiger partial charge in [0.1, 0.15) is 0 Å². The summed E-state index contributed by atoms with van der Waals surface area (Å²) in [5, 5.41) is 0. The molecule has 0 aliphatic rings. The second kappa shape index (κ2) is 9.37. The quantitative estimate of drug-likeness (QED) is 0.275. The van der Waals surface area contributed by atoms with E-state index in [0.717, 1.165) is 11.1 Å². The third-order valence-electron chi connectivity index (χ3n) is 4.30. The standard InChI is InChI=1S/C24H22N2O3/c25-21-14-20(15-22(26)16-21)24(28)29-13-12-18-8-6-17(7-9-18)10-11-23(27)19-4-2-1-3-5-19/h1-11,14-16H,12-13,25-26H2. The molecule has 0 amide bonds. The SMILES string of the molecule is Nc1cc(N)cc(C(=O)OCCc2ccc(C=CC(=O)c3ccccc3)cc2)c1. The lowest BCUT2D eigenvalue weighted by Crippen LogP contribution is -2.09. The molecule has 5 heteroatoms. The zero-order valence-corrected chi connectivity index (χ0v) is 15.9. The molecule has 0 heterocycles. The van der Waals surface area contributed by atoms with Gasteiger partial charge in [-0.15, -0.1) is 0 Å². The molecule has 0 bridgehead atoms. The lowest BCUT2D eigenvalue weighted by atomic mass is 10.1. The average Bonchev–Trinajstić information content (AvgIpc) is 2.73. The summed E-state index contributed by atoms with van der Waals surface area (Å²) < 4.78 is 5.29. The van der Waals surface area contributed by atoms with E-state index >= 15 is 0 Å². The fourth-order valence-corrected chi connectivity index (χ4v) is 2.81. The minimum absolute atomic E-state index is 0.0382. The number of ether oxygens (including phenoxy) is 1. The average molecular weight is 386 g/mol. The highest BCUT2D eigenvalue weighted by molar-refractivity contribution is 6.06. The van der Waals surface area contributed by atoms with Crippen molar-refractivity contribution in [2.24, 2.45) is 0 Å². The molecule has 0 fully saturated rings. The summed E-state index contributed by atoms with van der Waals surface area (Å²) in [6.07, 6.45) is 3.92. The fourth-order valence-electron chi connectivity index (χ4n) is 2.81. The van der Waals surface area contributed by atoms with Crippen LogP contribution in [0.5, 0.6) is 0 Å². The normalized spacial score (nSPS) is 10.8. The third kappa shape index (κ3) is 5.81. The maximum absolute atomic E-state index is 12.1. The molecule has 0 saturated carbocycles. The van der Waals surface area contributed by atoms with E-state index in [2.05, 4.69) is 0 Å². The first-order chi connectivity index (χ1) is 14.0. The molecule has 29 heavy (non-hydrogen) atoms. The van der Waals surface area contributed by atoms with Gasteiger partial charge in [0.05, 0.1) is 12.2 Å². The molecule has 146 valence electrons. The molecule has 0 saturated heterocycles. The second-order valence-electron chi connectivity index (χ2n) is 6.58. The van der Waals surface area contributed by atoms with Crippen molar-refractivity contribution >= 4 is 29.2 Å². The molecule has 3 rings (SSSR count). The van der Waals surface area contributed by atoms with Crippen LogP contribution in [0.3, 0.4) is 0 Å². The van der Waals surface area contributed by atoms with Crippen LogP contribution < -0.4 is 11.5 Å². The highest BCUT2D eigenvalue weighted by atomic mass is 16.5. The van der Waals surface area contributed by atoms with E-state index in [4.69, 9.17) is 16.2 Å². The number of carbonyl (C=O) groups is 2. The lowest BCUT2D eigenvalue weighted by Gasteiger charge is -2.07. The summed E-state index contributed by atoms with van der Waals surface area (Å²) in [4.78, 5) is 24.2. The number of hydrogen-bond donors (Lipinski definition) is 2. The van der Waals surface area contributed by atoms with Crippen LogP contribution >= 0.6 is 0 Å². The van der Waals surface area contributed by atoms with E-state index in [1.54, 1.807) is 30.4 Å². The largest absolute Gasteiger partial charge is 0.462 e. The lowest BCUT2D eigenvalue weighted by molar-refractivity contribution is 0.0509. The Morgan fingerprint density at radius 2 is 1.48 bits per heavy atom. The summed E-state index contributed by atoms with van der Waals surface area (Å²) in [6, 6.07) is 21.5. The van der Waals surface area contributed by atoms with Crippen LogP contribution in [0.2, 0.25) is 0 Å². The molecule has 0 aliphatic carbocycles. The Morgan fingerprint density at radius 3 is 2.14 bits per heavy atom. The summed E-state index contributed by atoms with van der Waals surface area (Å²) in [5.41, 5.74) is 15.2. The number of benzene rings is 3. The van der Waals surface area contributed by atoms with Gasteiger partial charge in [-0.25, -0.2) is 4.79 Å². The summed E-state index contributed by atoms with van der Waals surface area (Å²) in [7, 11) is 0. The first-order valence-electron chi connectivity index (χ1n) is 9.21. The molecule has 0 unspecified atom stereocenters. The van der Waals surface area contributed by atoms with E-state index in [1.807, 2.05) is 42.5 Å². The van der Waals surface area contributed by atoms with Crippen LogP contribution in [0, 0.1) is 0 Å². The zero-order valence-electron chi connectivity index (χ0n) is 15.9. The van der Waals surface area contributed by atoms with E-state index in [0.29, 0.717) is 28.9 Å². The molecule has 0 aliphatic heterocycles. The van der Waals surface area contributed by atoms with Gasteiger partial charge in [-0.05, 0) is 35.4 Å². The molecule has 3 aromatic carbocycles. The van der Waals surface area contributed by atoms with Crippen molar-refractivity contribution in [2.75, 3.05) is 18.1 Å². The molecule has 5 nitrogen and oxygen atoms in total. The van der Waals surface area contributed by atoms with Crippen molar-refractivity contribution in [1.82, 2.24) is 0 Å². The third-order valence-corrected chi connectivity index (χ3v) is 4.30. The van der Waals surface area contributed by atoms with Gasteiger partial charge in [0.25, 0.3) is 0 Å². The number of rotatable bonds is 7. The number of hydrogen-bond acceptors (Lipinski definition) is 5. The van der Waals surface area contributed by atoms with E-state index in [9.17, 15) is 9.59 Å². The predicted molar refractivity (Wildman–Crippen MR) is 116 cm³/mol. The number of anilines is 2. The van der Waals surface area contributed by atoms with Crippen LogP contribution in [0.15, 0.2) is 78.9 Å². The molecule has 0 spiro atoms. The maximum Gasteiger partial charge on any atom is 0.338 e. The van der Waals surface area contributed by atoms with Crippen molar-refractivity contribution in [3.63, 3.8) is 0 Å². The van der Waals surface area contributed by atoms with Gasteiger partial charge >= 0.3 is 5.97 Å². The van der Waals surface area contributed by atoms with Gasteiger partial charge in [0.2, 0.25) is 0 Å². The monoisotopic (exact) mass is 386 g/mol. The molecular formula is C24H22N2O3. The number of ketones is 1. The molecule has 3 aromatic rings. The number of carbonyl (C=O) groups excluding carboxylic acids is 2. The van der Waals surface area contributed by atoms with Crippen LogP contribution in [0.1, 0.15) is 31.8 Å². The predicted octanol–water partition coefficient (Wildman–Crippen LogP) is 4.15. The molecular weight excluding hydrogens is 364 g/mol. The Bertz CT molecular complexity index is 1010. The second-order valence-corrected chi connectivity index (χ2v) is 6.58. The van der Waals surface area contributed by atoms with Crippen molar-refractivity contribution in [1.29, 1.82) is 0 Å². The van der Waals surface area contributed by atoms with Gasteiger partial charge < -0.3 is 16.2 Å². The first kappa shape index (κ1) is 19.9. The highest BCUT2D eigenvalue weighted by Crippen LogP contribution is 2.15. The van der Waals surface area contributed by atoms with Gasteiger partial charge in [-0.1, -0.05) is 60.7 Å². The smallest absolute Gasteiger partial charge is 0.338 e. The van der Waals surface area contributed by atoms with Crippen molar-refractivity contribution in [3.05, 3.63) is 101 Å². The fraction of sp³-hybridized carbons (Fsp3) is 0.0833. The summed E-state index contributed by atoms with van der Waals surface area (Å²) in [5.74, 6) is -0.494. The number of allylic oxidation sites excluding steroid dienone is 1. The van der Waals surface area contributed by atoms with Crippen LogP contribution in [0.25, 0.3) is 6.08 Å². The Balaban J connectivity index is 1.51. The van der Waals surface area contributed by atoms with Gasteiger partial charge in [-0.3, -0.25) is 4.79 Å². The number of nitrogens with two attached hydrogens (primary N) is 2. The maximum atomic E-state index is 12.1.